The second-order valence-corrected chi connectivity index (χ2v) is 2.86. The molecule has 84 valence electrons. The van der Waals surface area contributed by atoms with Crippen LogP contribution in [0.15, 0.2) is 12.1 Å². The molecule has 0 heterocycles. The van der Waals surface area contributed by atoms with Gasteiger partial charge in [-0.3, -0.25) is 0 Å². The van der Waals surface area contributed by atoms with Gasteiger partial charge in [0, 0.05) is 5.56 Å². The fourth-order valence-corrected chi connectivity index (χ4v) is 1.21. The van der Waals surface area contributed by atoms with E-state index in [0.29, 0.717) is 0 Å². The Morgan fingerprint density at radius 2 is 2.19 bits per heavy atom. The highest BCUT2D eigenvalue weighted by atomic mass is 19.3. The van der Waals surface area contributed by atoms with Crippen molar-refractivity contribution < 1.29 is 23.4 Å². The molecule has 4 nitrogen and oxygen atoms in total. The van der Waals surface area contributed by atoms with Gasteiger partial charge in [0.15, 0.2) is 0 Å². The van der Waals surface area contributed by atoms with Gasteiger partial charge in [0.1, 0.15) is 11.3 Å². The Balaban J connectivity index is 3.47. The van der Waals surface area contributed by atoms with Crippen molar-refractivity contribution in [3.8, 4) is 11.8 Å². The van der Waals surface area contributed by atoms with Crippen molar-refractivity contribution in [3.63, 3.8) is 0 Å². The first-order valence-corrected chi connectivity index (χ1v) is 4.14. The van der Waals surface area contributed by atoms with E-state index in [4.69, 9.17) is 5.26 Å². The average molecular weight is 227 g/mol. The molecule has 1 aromatic carbocycles. The molecule has 0 aliphatic carbocycles. The highest BCUT2D eigenvalue weighted by molar-refractivity contribution is 5.94. The number of ether oxygens (including phenoxy) is 1. The van der Waals surface area contributed by atoms with Gasteiger partial charge in [0.25, 0.3) is 6.43 Å². The number of aromatic hydroxyl groups is 1. The van der Waals surface area contributed by atoms with Crippen LogP contribution in [0.5, 0.6) is 5.75 Å². The highest BCUT2D eigenvalue weighted by Crippen LogP contribution is 2.31. The average Bonchev–Trinajstić information content (AvgIpc) is 2.26. The number of hydrogen-bond donors (Lipinski definition) is 1. The number of alkyl halides is 2. The monoisotopic (exact) mass is 227 g/mol. The second-order valence-electron chi connectivity index (χ2n) is 2.86. The lowest BCUT2D eigenvalue weighted by Gasteiger charge is -2.09. The summed E-state index contributed by atoms with van der Waals surface area (Å²) in [4.78, 5) is 11.2. The summed E-state index contributed by atoms with van der Waals surface area (Å²) in [6, 6.07) is 3.37. The zero-order valence-corrected chi connectivity index (χ0v) is 8.20. The van der Waals surface area contributed by atoms with Crippen LogP contribution >= 0.6 is 0 Å². The van der Waals surface area contributed by atoms with E-state index in [9.17, 15) is 18.7 Å². The number of carbonyl (C=O) groups excluding carboxylic acids is 1. The van der Waals surface area contributed by atoms with Gasteiger partial charge in [-0.1, -0.05) is 0 Å². The van der Waals surface area contributed by atoms with Crippen LogP contribution in [-0.2, 0) is 4.74 Å². The van der Waals surface area contributed by atoms with Crippen molar-refractivity contribution in [2.75, 3.05) is 7.11 Å². The lowest BCUT2D eigenvalue weighted by atomic mass is 10.0. The molecule has 0 bridgehead atoms. The fraction of sp³-hybridized carbons (Fsp3) is 0.200. The summed E-state index contributed by atoms with van der Waals surface area (Å²) < 4.78 is 29.5. The first kappa shape index (κ1) is 11.9. The van der Waals surface area contributed by atoms with Crippen molar-refractivity contribution >= 4 is 5.97 Å². The number of benzene rings is 1. The zero-order chi connectivity index (χ0) is 12.3. The molecule has 16 heavy (non-hydrogen) atoms. The molecule has 6 heteroatoms. The molecule has 0 saturated heterocycles. The Morgan fingerprint density at radius 3 is 2.62 bits per heavy atom. The Kier molecular flexibility index (Phi) is 3.40. The molecule has 1 aromatic rings. The van der Waals surface area contributed by atoms with Crippen LogP contribution in [0.1, 0.15) is 27.9 Å². The van der Waals surface area contributed by atoms with Crippen LogP contribution in [0.25, 0.3) is 0 Å². The molecule has 1 N–H and O–H groups in total. The number of methoxy groups -OCH3 is 1. The van der Waals surface area contributed by atoms with Crippen molar-refractivity contribution in [1.82, 2.24) is 0 Å². The molecule has 0 unspecified atom stereocenters. The molecule has 0 atom stereocenters. The van der Waals surface area contributed by atoms with Gasteiger partial charge in [0.2, 0.25) is 0 Å². The summed E-state index contributed by atoms with van der Waals surface area (Å²) in [6.45, 7) is 0. The number of esters is 1. The van der Waals surface area contributed by atoms with Crippen molar-refractivity contribution in [2.45, 2.75) is 6.43 Å². The predicted molar refractivity (Wildman–Crippen MR) is 49.1 cm³/mol. The molecular weight excluding hydrogens is 220 g/mol. The smallest absolute Gasteiger partial charge is 0.342 e. The third-order valence-corrected chi connectivity index (χ3v) is 1.90. The van der Waals surface area contributed by atoms with Gasteiger partial charge in [-0.2, -0.15) is 5.26 Å². The van der Waals surface area contributed by atoms with E-state index in [-0.39, 0.29) is 5.56 Å². The minimum atomic E-state index is -2.98. The van der Waals surface area contributed by atoms with Gasteiger partial charge in [-0.15, -0.1) is 0 Å². The predicted octanol–water partition coefficient (Wildman–Crippen LogP) is 1.99. The van der Waals surface area contributed by atoms with Gasteiger partial charge < -0.3 is 9.84 Å². The number of hydrogen-bond acceptors (Lipinski definition) is 4. The second kappa shape index (κ2) is 4.57. The summed E-state index contributed by atoms with van der Waals surface area (Å²) in [5, 5.41) is 17.9. The van der Waals surface area contributed by atoms with Gasteiger partial charge in [-0.05, 0) is 12.1 Å². The number of phenols is 1. The van der Waals surface area contributed by atoms with Crippen LogP contribution in [0.4, 0.5) is 8.78 Å². The van der Waals surface area contributed by atoms with E-state index in [1.54, 1.807) is 6.07 Å². The van der Waals surface area contributed by atoms with Crippen LogP contribution in [0, 0.1) is 11.3 Å². The summed E-state index contributed by atoms with van der Waals surface area (Å²) in [6.07, 6.45) is -2.98. The first-order valence-electron chi connectivity index (χ1n) is 4.14. The highest BCUT2D eigenvalue weighted by Gasteiger charge is 2.23. The maximum atomic E-state index is 12.6. The Labute approximate surface area is 89.7 Å². The Morgan fingerprint density at radius 1 is 1.56 bits per heavy atom. The molecule has 0 spiro atoms. The minimum absolute atomic E-state index is 0.152. The van der Waals surface area contributed by atoms with Crippen molar-refractivity contribution in [1.29, 1.82) is 5.26 Å². The zero-order valence-electron chi connectivity index (χ0n) is 8.20. The number of nitriles is 1. The first-order chi connectivity index (χ1) is 7.51. The Hall–Kier alpha value is -2.16. The molecule has 0 radical (unpaired) electrons. The topological polar surface area (TPSA) is 70.3 Å². The fourth-order valence-electron chi connectivity index (χ4n) is 1.21. The molecule has 0 aliphatic heterocycles. The van der Waals surface area contributed by atoms with Gasteiger partial charge >= 0.3 is 5.97 Å². The number of nitrogens with zero attached hydrogens (tertiary/aromatic N) is 1. The van der Waals surface area contributed by atoms with E-state index in [1.807, 2.05) is 0 Å². The maximum Gasteiger partial charge on any atom is 0.342 e. The van der Waals surface area contributed by atoms with Crippen molar-refractivity contribution in [3.05, 3.63) is 28.8 Å². The van der Waals surface area contributed by atoms with Crippen molar-refractivity contribution in [2.24, 2.45) is 0 Å². The SMILES string of the molecule is COC(=O)c1c(O)cc(C#N)cc1C(F)F. The third-order valence-electron chi connectivity index (χ3n) is 1.90. The van der Waals surface area contributed by atoms with E-state index in [1.165, 1.54) is 0 Å². The van der Waals surface area contributed by atoms with E-state index in [0.717, 1.165) is 19.2 Å². The Bertz CT molecular complexity index is 466. The maximum absolute atomic E-state index is 12.6. The number of carbonyl (C=O) groups is 1. The largest absolute Gasteiger partial charge is 0.507 e. The number of halogens is 2. The summed E-state index contributed by atoms with van der Waals surface area (Å²) in [7, 11) is 1.01. The molecular formula is C10H7F2NO3. The summed E-state index contributed by atoms with van der Waals surface area (Å²) >= 11 is 0. The summed E-state index contributed by atoms with van der Waals surface area (Å²) in [5.41, 5.74) is -1.49. The lowest BCUT2D eigenvalue weighted by Crippen LogP contribution is -2.07. The van der Waals surface area contributed by atoms with Crippen LogP contribution in [0.3, 0.4) is 0 Å². The van der Waals surface area contributed by atoms with Crippen LogP contribution in [0.2, 0.25) is 0 Å². The van der Waals surface area contributed by atoms with Crippen LogP contribution in [-0.4, -0.2) is 18.2 Å². The molecule has 0 fully saturated rings. The van der Waals surface area contributed by atoms with E-state index < -0.39 is 29.3 Å². The molecule has 0 aromatic heterocycles. The number of phenolic OH excluding ortho intramolecular Hbond substituents is 1. The van der Waals surface area contributed by atoms with Gasteiger partial charge in [0.05, 0.1) is 18.7 Å². The minimum Gasteiger partial charge on any atom is -0.507 e. The van der Waals surface area contributed by atoms with E-state index in [2.05, 4.69) is 4.74 Å². The standard InChI is InChI=1S/C10H7F2NO3/c1-16-10(15)8-6(9(11)12)2-5(4-13)3-7(8)14/h2-3,9,14H,1H3. The normalized spacial score (nSPS) is 9.94. The number of rotatable bonds is 2. The van der Waals surface area contributed by atoms with Gasteiger partial charge in [-0.25, -0.2) is 13.6 Å². The third kappa shape index (κ3) is 2.08. The lowest BCUT2D eigenvalue weighted by molar-refractivity contribution is 0.0585. The van der Waals surface area contributed by atoms with Crippen LogP contribution < -0.4 is 0 Å². The van der Waals surface area contributed by atoms with E-state index >= 15 is 0 Å². The molecule has 1 rings (SSSR count). The molecule has 0 amide bonds. The quantitative estimate of drug-likeness (QED) is 0.784. The summed E-state index contributed by atoms with van der Waals surface area (Å²) in [5.74, 6) is -1.77. The molecule has 0 aliphatic rings. The molecule has 0 saturated carbocycles.